The van der Waals surface area contributed by atoms with Crippen molar-refractivity contribution in [2.24, 2.45) is 5.73 Å². The zero-order valence-corrected chi connectivity index (χ0v) is 59.4. The molecule has 0 aliphatic carbocycles. The summed E-state index contributed by atoms with van der Waals surface area (Å²) < 4.78 is 83.6. The van der Waals surface area contributed by atoms with Crippen LogP contribution in [-0.4, -0.2) is 440 Å². The number of aliphatic hydroxyl groups is 22. The number of para-hydroxylation sites is 1. The lowest BCUT2D eigenvalue weighted by molar-refractivity contribution is -0.396. The topological polar surface area (TPSA) is 746 Å². The summed E-state index contributed by atoms with van der Waals surface area (Å²) in [5.41, 5.74) is 5.63. The molecule has 0 spiro atoms. The Balaban J connectivity index is 1.14. The van der Waals surface area contributed by atoms with Gasteiger partial charge in [0.05, 0.1) is 64.5 Å². The number of nitrogens with two attached hydrogens (primary N) is 1. The van der Waals surface area contributed by atoms with Crippen molar-refractivity contribution in [3.8, 4) is 0 Å². The van der Waals surface area contributed by atoms with Gasteiger partial charge in [-0.3, -0.25) is 24.0 Å². The minimum Gasteiger partial charge on any atom is -0.394 e. The maximum atomic E-state index is 13.1. The molecule has 110 heavy (non-hydrogen) atoms. The van der Waals surface area contributed by atoms with E-state index in [0.29, 0.717) is 0 Å². The Morgan fingerprint density at radius 1 is 0.409 bits per heavy atom. The third-order valence-corrected chi connectivity index (χ3v) is 19.4. The Morgan fingerprint density at radius 3 is 1.28 bits per heavy atom. The second-order valence-corrected chi connectivity index (χ2v) is 27.2. The lowest BCUT2D eigenvalue weighted by Crippen LogP contribution is -2.70. The molecule has 5 amide bonds. The van der Waals surface area contributed by atoms with Crippen LogP contribution < -0.4 is 32.3 Å². The van der Waals surface area contributed by atoms with Crippen molar-refractivity contribution in [2.75, 3.05) is 64.7 Å². The molecule has 7 heterocycles. The molecule has 47 heteroatoms. The number of carbonyl (C=O) groups is 5. The maximum absolute atomic E-state index is 13.1. The van der Waals surface area contributed by atoms with E-state index >= 15 is 0 Å². The molecule has 1 aromatic rings. The molecule has 29 N–H and O–H groups in total. The highest BCUT2D eigenvalue weighted by Gasteiger charge is 2.60. The summed E-state index contributed by atoms with van der Waals surface area (Å²) in [5, 5.41) is 258. The van der Waals surface area contributed by atoms with Crippen LogP contribution in [0.25, 0.3) is 0 Å². The van der Waals surface area contributed by atoms with Crippen LogP contribution in [0.1, 0.15) is 38.1 Å². The molecule has 47 nitrogen and oxygen atoms in total. The van der Waals surface area contributed by atoms with Crippen molar-refractivity contribution in [2.45, 2.75) is 267 Å². The first-order valence-electron chi connectivity index (χ1n) is 34.9. The smallest absolute Gasteiger partial charge is 0.250 e. The summed E-state index contributed by atoms with van der Waals surface area (Å²) in [6.45, 7) is -5.44. The van der Waals surface area contributed by atoms with Gasteiger partial charge in [0.25, 0.3) is 5.91 Å². The molecular weight excluding hydrogens is 1500 g/mol. The van der Waals surface area contributed by atoms with Crippen LogP contribution in [0.3, 0.4) is 0 Å². The fraction of sp³-hybridized carbons (Fsp3) is 0.825. The molecule has 0 bridgehead atoms. The van der Waals surface area contributed by atoms with Crippen LogP contribution in [0.5, 0.6) is 0 Å². The first-order valence-corrected chi connectivity index (χ1v) is 34.9. The standard InChI is InChI=1S/C63H102N6O41/c1-18(77)66-24(9-65-23-8-6-5-7-22(23)56(64)96)36(82)50(25(81)10-70)105-58-34(68-20(3)79)43(89)52(31(16-76)102-58)107-61-49(95)53(108-63-55(47(93)40(86)29(14-74)101-63)110-57-33(67-19(2)78)42(88)37(83)26(11-71)98-57)41(87)32(104-61)17-97-62-54(46(92)39(85)28(13-73)100-62)109-59-35(69-21(4)80)44(90)51(30(15-75)103-59)106-60-48(94)45(91)38(84)27(12-72)99-60/h5-8,24-55,57-63,65,70-76,81-95H,9-17H2,1-4H3,(H2,64,96)(H,66,77)(H,67,78)(H,68,79)(H,69,80). The number of hydrogen-bond donors (Lipinski definition) is 28. The van der Waals surface area contributed by atoms with Gasteiger partial charge in [-0.25, -0.2) is 0 Å². The first-order chi connectivity index (χ1) is 52.1. The Labute approximate surface area is 624 Å². The van der Waals surface area contributed by atoms with Crippen molar-refractivity contribution in [3.63, 3.8) is 0 Å². The quantitative estimate of drug-likeness (QED) is 0.0311. The van der Waals surface area contributed by atoms with E-state index in [2.05, 4.69) is 26.6 Å². The molecule has 0 aromatic heterocycles. The summed E-state index contributed by atoms with van der Waals surface area (Å²) in [4.78, 5) is 63.3. The third kappa shape index (κ3) is 21.0. The Bertz CT molecular complexity index is 3090. The molecular formula is C63H102N6O41. The molecule has 7 saturated heterocycles. The lowest BCUT2D eigenvalue weighted by Gasteiger charge is -2.50. The summed E-state index contributed by atoms with van der Waals surface area (Å²) in [7, 11) is 0. The minimum absolute atomic E-state index is 0.0262. The van der Waals surface area contributed by atoms with Crippen LogP contribution in [0.15, 0.2) is 24.3 Å². The molecule has 1 aromatic carbocycles. The van der Waals surface area contributed by atoms with Crippen molar-refractivity contribution >= 4 is 35.2 Å². The molecule has 7 fully saturated rings. The number of benzene rings is 1. The number of primary amides is 1. The van der Waals surface area contributed by atoms with Gasteiger partial charge in [0.1, 0.15) is 189 Å². The number of nitrogens with one attached hydrogen (secondary N) is 5. The van der Waals surface area contributed by atoms with Crippen LogP contribution in [0.4, 0.5) is 5.69 Å². The van der Waals surface area contributed by atoms with E-state index in [1.807, 2.05) is 0 Å². The highest BCUT2D eigenvalue weighted by atomic mass is 16.8. The van der Waals surface area contributed by atoms with Crippen molar-refractivity contribution < 1.29 is 203 Å². The predicted molar refractivity (Wildman–Crippen MR) is 349 cm³/mol. The zero-order chi connectivity index (χ0) is 81.2. The van der Waals surface area contributed by atoms with Crippen molar-refractivity contribution in [1.82, 2.24) is 21.3 Å². The molecule has 7 aliphatic heterocycles. The van der Waals surface area contributed by atoms with Gasteiger partial charge in [0, 0.05) is 39.9 Å². The number of rotatable bonds is 33. The lowest BCUT2D eigenvalue weighted by atomic mass is 9.94. The van der Waals surface area contributed by atoms with Gasteiger partial charge >= 0.3 is 0 Å². The van der Waals surface area contributed by atoms with E-state index in [-0.39, 0.29) is 11.3 Å². The SMILES string of the molecule is CC(=O)NC(CNc1ccccc1C(N)=O)C(O)C(OC1OC(CO)C(OC2OC(COC3OC(CO)C(O)C(O)C3OC3OC(CO)C(OC4OC(CO)C(O)C(O)C4O)C(O)C3NC(C)=O)C(O)C(OC3OC(CO)C(O)C(O)C3OC3OC(CO)C(O)C(O)C3NC(C)=O)C2O)C(O)C1NC(C)=O)C(O)CO. The van der Waals surface area contributed by atoms with E-state index in [0.717, 1.165) is 27.7 Å². The molecule has 8 rings (SSSR count). The minimum atomic E-state index is -2.55. The highest BCUT2D eigenvalue weighted by Crippen LogP contribution is 2.39. The second-order valence-electron chi connectivity index (χ2n) is 27.2. The van der Waals surface area contributed by atoms with Gasteiger partial charge in [0.15, 0.2) is 44.0 Å². The Morgan fingerprint density at radius 2 is 0.800 bits per heavy atom. The number of anilines is 1. The van der Waals surface area contributed by atoms with Gasteiger partial charge in [-0.1, -0.05) is 12.1 Å². The Hall–Kier alpha value is -5.07. The van der Waals surface area contributed by atoms with Gasteiger partial charge in [-0.2, -0.15) is 0 Å². The van der Waals surface area contributed by atoms with E-state index in [1.165, 1.54) is 24.3 Å². The molecule has 0 saturated carbocycles. The molecule has 0 radical (unpaired) electrons. The summed E-state index contributed by atoms with van der Waals surface area (Å²) in [6.07, 6.45) is -73.4. The van der Waals surface area contributed by atoms with Crippen LogP contribution in [0, 0.1) is 0 Å². The predicted octanol–water partition coefficient (Wildman–Crippen LogP) is -17.0. The number of aliphatic hydroxyl groups excluding tert-OH is 22. The Kier molecular flexibility index (Phi) is 33.3. The van der Waals surface area contributed by atoms with Gasteiger partial charge in [-0.15, -0.1) is 0 Å². The number of hydrogen-bond acceptors (Lipinski definition) is 42. The fourth-order valence-corrected chi connectivity index (χ4v) is 13.6. The largest absolute Gasteiger partial charge is 0.394 e. The van der Waals surface area contributed by atoms with Gasteiger partial charge in [-0.05, 0) is 12.1 Å². The second kappa shape index (κ2) is 40.5. The fourth-order valence-electron chi connectivity index (χ4n) is 13.6. The molecule has 39 unspecified atom stereocenters. The third-order valence-electron chi connectivity index (χ3n) is 19.4. The average Bonchev–Trinajstić information content (AvgIpc) is 0.775. The summed E-state index contributed by atoms with van der Waals surface area (Å²) >= 11 is 0. The number of ether oxygens (including phenoxy) is 14. The monoisotopic (exact) mass is 1600 g/mol. The van der Waals surface area contributed by atoms with Gasteiger partial charge in [0.2, 0.25) is 23.6 Å². The van der Waals surface area contributed by atoms with E-state index in [4.69, 9.17) is 72.0 Å². The van der Waals surface area contributed by atoms with E-state index in [9.17, 15) is 136 Å². The maximum Gasteiger partial charge on any atom is 0.250 e. The summed E-state index contributed by atoms with van der Waals surface area (Å²) in [5.74, 6) is -4.40. The van der Waals surface area contributed by atoms with E-state index < -0.39 is 328 Å². The van der Waals surface area contributed by atoms with Crippen molar-refractivity contribution in [1.29, 1.82) is 0 Å². The molecule has 39 atom stereocenters. The molecule has 7 aliphatic rings. The van der Waals surface area contributed by atoms with Crippen LogP contribution >= 0.6 is 0 Å². The zero-order valence-electron chi connectivity index (χ0n) is 59.4. The first kappa shape index (κ1) is 90.5. The van der Waals surface area contributed by atoms with Gasteiger partial charge < -0.3 is 211 Å². The average molecular weight is 1600 g/mol. The summed E-state index contributed by atoms with van der Waals surface area (Å²) in [6, 6.07) is -1.37. The van der Waals surface area contributed by atoms with Crippen LogP contribution in [-0.2, 0) is 85.5 Å². The van der Waals surface area contributed by atoms with Crippen molar-refractivity contribution in [3.05, 3.63) is 29.8 Å². The van der Waals surface area contributed by atoms with E-state index in [1.54, 1.807) is 0 Å². The van der Waals surface area contributed by atoms with Crippen LogP contribution in [0.2, 0.25) is 0 Å². The number of amides is 5. The molecule has 630 valence electrons. The number of carbonyl (C=O) groups excluding carboxylic acids is 5. The normalized spacial score (nSPS) is 42.2. The highest BCUT2D eigenvalue weighted by molar-refractivity contribution is 5.98.